The number of carbonyl (C=O) groups is 1. The molecule has 126 valence electrons. The first kappa shape index (κ1) is 15.6. The number of nitrogens with zero attached hydrogens (tertiary/aromatic N) is 3. The lowest BCUT2D eigenvalue weighted by Crippen LogP contribution is -2.44. The van der Waals surface area contributed by atoms with Crippen LogP contribution in [0.25, 0.3) is 10.9 Å². The molecule has 0 saturated carbocycles. The number of hydrogen-bond acceptors (Lipinski definition) is 3. The Kier molecular flexibility index (Phi) is 3.84. The summed E-state index contributed by atoms with van der Waals surface area (Å²) in [6, 6.07) is 15.3. The van der Waals surface area contributed by atoms with E-state index in [9.17, 15) is 9.59 Å². The van der Waals surface area contributed by atoms with E-state index < -0.39 is 0 Å². The summed E-state index contributed by atoms with van der Waals surface area (Å²) in [4.78, 5) is 31.7. The maximum absolute atomic E-state index is 13.0. The van der Waals surface area contributed by atoms with E-state index >= 15 is 0 Å². The third-order valence-corrected chi connectivity index (χ3v) is 4.83. The molecular formula is C20H19N3O2. The quantitative estimate of drug-likeness (QED) is 0.724. The van der Waals surface area contributed by atoms with Gasteiger partial charge in [-0.1, -0.05) is 30.3 Å². The summed E-state index contributed by atoms with van der Waals surface area (Å²) in [5.74, 6) is -0.0844. The lowest BCUT2D eigenvalue weighted by atomic mass is 9.96. The van der Waals surface area contributed by atoms with Crippen molar-refractivity contribution >= 4 is 22.5 Å². The summed E-state index contributed by atoms with van der Waals surface area (Å²) < 4.78 is 1.40. The summed E-state index contributed by atoms with van der Waals surface area (Å²) in [5.41, 5.74) is 2.59. The number of hydrogen-bond donors (Lipinski definition) is 0. The molecule has 1 amide bonds. The summed E-state index contributed by atoms with van der Waals surface area (Å²) in [6.45, 7) is 2.05. The average molecular weight is 333 g/mol. The Hall–Kier alpha value is -2.95. The molecule has 2 heterocycles. The maximum Gasteiger partial charge on any atom is 0.261 e. The summed E-state index contributed by atoms with van der Waals surface area (Å²) in [7, 11) is 0. The fraction of sp³-hybridized carbons (Fsp3) is 0.250. The third kappa shape index (κ3) is 2.71. The molecule has 5 nitrogen and oxygen atoms in total. The molecule has 3 aromatic rings. The van der Waals surface area contributed by atoms with Crippen molar-refractivity contribution in [3.63, 3.8) is 0 Å². The molecule has 0 spiro atoms. The van der Waals surface area contributed by atoms with Crippen molar-refractivity contribution in [2.24, 2.45) is 0 Å². The van der Waals surface area contributed by atoms with Crippen molar-refractivity contribution in [3.8, 4) is 0 Å². The summed E-state index contributed by atoms with van der Waals surface area (Å²) in [6.07, 6.45) is 3.36. The van der Waals surface area contributed by atoms with Gasteiger partial charge >= 0.3 is 0 Å². The van der Waals surface area contributed by atoms with Gasteiger partial charge in [-0.15, -0.1) is 0 Å². The topological polar surface area (TPSA) is 55.2 Å². The van der Waals surface area contributed by atoms with Crippen molar-refractivity contribution in [2.45, 2.75) is 32.4 Å². The van der Waals surface area contributed by atoms with Crippen LogP contribution in [-0.4, -0.2) is 21.5 Å². The normalized spacial score (nSPS) is 16.7. The van der Waals surface area contributed by atoms with Gasteiger partial charge in [0, 0.05) is 11.7 Å². The number of amides is 1. The van der Waals surface area contributed by atoms with Gasteiger partial charge < -0.3 is 4.90 Å². The first-order valence-corrected chi connectivity index (χ1v) is 8.49. The van der Waals surface area contributed by atoms with Crippen LogP contribution in [0.15, 0.2) is 59.7 Å². The Morgan fingerprint density at radius 3 is 2.80 bits per heavy atom. The van der Waals surface area contributed by atoms with E-state index in [1.165, 1.54) is 16.5 Å². The minimum Gasteiger partial charge on any atom is -0.308 e. The van der Waals surface area contributed by atoms with Gasteiger partial charge in [-0.05, 0) is 43.5 Å². The molecule has 5 heteroatoms. The van der Waals surface area contributed by atoms with Gasteiger partial charge in [0.05, 0.1) is 17.2 Å². The third-order valence-electron chi connectivity index (χ3n) is 4.83. The zero-order valence-electron chi connectivity index (χ0n) is 14.1. The molecule has 0 aliphatic carbocycles. The molecule has 0 bridgehead atoms. The molecule has 1 unspecified atom stereocenters. The maximum atomic E-state index is 13.0. The molecule has 1 aromatic heterocycles. The number of aromatic nitrogens is 2. The largest absolute Gasteiger partial charge is 0.308 e. The average Bonchev–Trinajstić information content (AvgIpc) is 2.64. The fourth-order valence-electron chi connectivity index (χ4n) is 3.51. The van der Waals surface area contributed by atoms with E-state index in [1.807, 2.05) is 29.2 Å². The van der Waals surface area contributed by atoms with Gasteiger partial charge in [0.1, 0.15) is 6.54 Å². The van der Waals surface area contributed by atoms with E-state index in [0.29, 0.717) is 10.9 Å². The molecule has 1 aliphatic heterocycles. The highest BCUT2D eigenvalue weighted by molar-refractivity contribution is 5.95. The highest BCUT2D eigenvalue weighted by atomic mass is 16.2. The Bertz CT molecular complexity index is 1010. The van der Waals surface area contributed by atoms with Crippen molar-refractivity contribution < 1.29 is 4.79 Å². The lowest BCUT2D eigenvalue weighted by Gasteiger charge is -2.35. The van der Waals surface area contributed by atoms with E-state index in [-0.39, 0.29) is 24.1 Å². The SMILES string of the molecule is CC1CCc2ccccc2N1C(=O)Cn1cnc2ccccc2c1=O. The minimum atomic E-state index is -0.183. The van der Waals surface area contributed by atoms with E-state index in [4.69, 9.17) is 0 Å². The molecule has 0 fully saturated rings. The molecular weight excluding hydrogens is 314 g/mol. The number of anilines is 1. The van der Waals surface area contributed by atoms with Crippen LogP contribution in [0.3, 0.4) is 0 Å². The zero-order chi connectivity index (χ0) is 17.4. The molecule has 2 aromatic carbocycles. The van der Waals surface area contributed by atoms with Gasteiger partial charge in [0.25, 0.3) is 5.56 Å². The van der Waals surface area contributed by atoms with Gasteiger partial charge in [-0.25, -0.2) is 4.98 Å². The number of benzene rings is 2. The van der Waals surface area contributed by atoms with Gasteiger partial charge in [-0.2, -0.15) is 0 Å². The molecule has 0 radical (unpaired) electrons. The lowest BCUT2D eigenvalue weighted by molar-refractivity contribution is -0.119. The molecule has 1 aliphatic rings. The van der Waals surface area contributed by atoms with Crippen molar-refractivity contribution in [2.75, 3.05) is 4.90 Å². The molecule has 4 rings (SSSR count). The molecule has 0 N–H and O–H groups in total. The minimum absolute atomic E-state index is 0.00462. The van der Waals surface area contributed by atoms with Crippen LogP contribution in [-0.2, 0) is 17.8 Å². The van der Waals surface area contributed by atoms with Crippen LogP contribution in [0.4, 0.5) is 5.69 Å². The van der Waals surface area contributed by atoms with E-state index in [1.54, 1.807) is 18.2 Å². The number of aryl methyl sites for hydroxylation is 1. The monoisotopic (exact) mass is 333 g/mol. The Labute approximate surface area is 145 Å². The fourth-order valence-corrected chi connectivity index (χ4v) is 3.51. The van der Waals surface area contributed by atoms with Crippen molar-refractivity contribution in [1.82, 2.24) is 9.55 Å². The molecule has 1 atom stereocenters. The number of fused-ring (bicyclic) bond motifs is 2. The van der Waals surface area contributed by atoms with Crippen LogP contribution in [0.1, 0.15) is 18.9 Å². The molecule has 0 saturated heterocycles. The van der Waals surface area contributed by atoms with E-state index in [0.717, 1.165) is 18.5 Å². The first-order valence-electron chi connectivity index (χ1n) is 8.49. The van der Waals surface area contributed by atoms with Crippen molar-refractivity contribution in [1.29, 1.82) is 0 Å². The number of rotatable bonds is 2. The van der Waals surface area contributed by atoms with Gasteiger partial charge in [0.2, 0.25) is 5.91 Å². The smallest absolute Gasteiger partial charge is 0.261 e. The van der Waals surface area contributed by atoms with E-state index in [2.05, 4.69) is 18.0 Å². The Morgan fingerprint density at radius 1 is 1.16 bits per heavy atom. The van der Waals surface area contributed by atoms with Crippen LogP contribution in [0.2, 0.25) is 0 Å². The summed E-state index contributed by atoms with van der Waals surface area (Å²) in [5, 5.41) is 0.532. The number of para-hydroxylation sites is 2. The van der Waals surface area contributed by atoms with Crippen molar-refractivity contribution in [3.05, 3.63) is 70.8 Å². The van der Waals surface area contributed by atoms with Crippen LogP contribution >= 0.6 is 0 Å². The first-order chi connectivity index (χ1) is 12.1. The second-order valence-corrected chi connectivity index (χ2v) is 6.47. The number of carbonyl (C=O) groups excluding carboxylic acids is 1. The zero-order valence-corrected chi connectivity index (χ0v) is 14.1. The Balaban J connectivity index is 1.69. The predicted molar refractivity (Wildman–Crippen MR) is 97.7 cm³/mol. The second kappa shape index (κ2) is 6.16. The van der Waals surface area contributed by atoms with Crippen LogP contribution in [0.5, 0.6) is 0 Å². The van der Waals surface area contributed by atoms with Gasteiger partial charge in [-0.3, -0.25) is 14.2 Å². The highest BCUT2D eigenvalue weighted by Crippen LogP contribution is 2.30. The summed E-state index contributed by atoms with van der Waals surface area (Å²) >= 11 is 0. The standard InChI is InChI=1S/C20H19N3O2/c1-14-10-11-15-6-2-5-9-18(15)23(14)19(24)12-22-13-21-17-8-4-3-7-16(17)20(22)25/h2-9,13-14H,10-12H2,1H3. The predicted octanol–water partition coefficient (Wildman–Crippen LogP) is 2.76. The molecule has 25 heavy (non-hydrogen) atoms. The highest BCUT2D eigenvalue weighted by Gasteiger charge is 2.28. The van der Waals surface area contributed by atoms with Crippen LogP contribution < -0.4 is 10.5 Å². The van der Waals surface area contributed by atoms with Crippen LogP contribution in [0, 0.1) is 0 Å². The Morgan fingerprint density at radius 2 is 1.92 bits per heavy atom. The van der Waals surface area contributed by atoms with Gasteiger partial charge in [0.15, 0.2) is 0 Å². The second-order valence-electron chi connectivity index (χ2n) is 6.47.